The second-order valence-electron chi connectivity index (χ2n) is 6.83. The highest BCUT2D eigenvalue weighted by molar-refractivity contribution is 5.81. The summed E-state index contributed by atoms with van der Waals surface area (Å²) in [6.45, 7) is 1.06. The lowest BCUT2D eigenvalue weighted by atomic mass is 9.81. The van der Waals surface area contributed by atoms with E-state index in [0.29, 0.717) is 13.1 Å². The molecule has 1 saturated carbocycles. The summed E-state index contributed by atoms with van der Waals surface area (Å²) in [5.41, 5.74) is 2.10. The molecule has 1 heterocycles. The number of rotatable bonds is 6. The van der Waals surface area contributed by atoms with Crippen molar-refractivity contribution in [2.24, 2.45) is 11.8 Å². The number of carbonyl (C=O) groups is 2. The van der Waals surface area contributed by atoms with Crippen LogP contribution in [0.15, 0.2) is 54.9 Å². The molecule has 0 unspecified atom stereocenters. The number of carbonyl (C=O) groups excluding carboxylic acids is 2. The Kier molecular flexibility index (Phi) is 6.36. The number of hydrogen-bond donors (Lipinski definition) is 2. The van der Waals surface area contributed by atoms with Gasteiger partial charge in [-0.3, -0.25) is 14.6 Å². The van der Waals surface area contributed by atoms with Crippen molar-refractivity contribution in [1.29, 1.82) is 0 Å². The number of nitrogens with zero attached hydrogens (tertiary/aromatic N) is 1. The van der Waals surface area contributed by atoms with Gasteiger partial charge in [0.15, 0.2) is 0 Å². The second-order valence-corrected chi connectivity index (χ2v) is 6.83. The molecule has 5 heteroatoms. The van der Waals surface area contributed by atoms with Crippen molar-refractivity contribution in [2.45, 2.75) is 38.8 Å². The average molecular weight is 351 g/mol. The molecule has 0 spiro atoms. The van der Waals surface area contributed by atoms with E-state index in [0.717, 1.165) is 36.8 Å². The van der Waals surface area contributed by atoms with Gasteiger partial charge in [0.1, 0.15) is 0 Å². The number of benzene rings is 1. The molecular formula is C21H25N3O2. The van der Waals surface area contributed by atoms with E-state index in [1.807, 2.05) is 42.5 Å². The predicted molar refractivity (Wildman–Crippen MR) is 99.8 cm³/mol. The smallest absolute Gasteiger partial charge is 0.223 e. The monoisotopic (exact) mass is 351 g/mol. The van der Waals surface area contributed by atoms with Crippen LogP contribution >= 0.6 is 0 Å². The molecule has 0 radical (unpaired) electrons. The second kappa shape index (κ2) is 9.13. The molecule has 1 aromatic heterocycles. The zero-order chi connectivity index (χ0) is 18.2. The first-order valence-corrected chi connectivity index (χ1v) is 9.20. The molecule has 2 aromatic rings. The van der Waals surface area contributed by atoms with Crippen LogP contribution in [0, 0.1) is 11.8 Å². The molecule has 26 heavy (non-hydrogen) atoms. The fourth-order valence-corrected chi connectivity index (χ4v) is 3.38. The Morgan fingerprint density at radius 1 is 0.808 bits per heavy atom. The van der Waals surface area contributed by atoms with E-state index in [1.165, 1.54) is 0 Å². The van der Waals surface area contributed by atoms with Crippen molar-refractivity contribution < 1.29 is 9.59 Å². The first-order chi connectivity index (χ1) is 12.7. The zero-order valence-corrected chi connectivity index (χ0v) is 14.9. The summed E-state index contributed by atoms with van der Waals surface area (Å²) in [5.74, 6) is 0.200. The molecule has 1 aliphatic carbocycles. The van der Waals surface area contributed by atoms with Gasteiger partial charge >= 0.3 is 0 Å². The van der Waals surface area contributed by atoms with Crippen molar-refractivity contribution in [1.82, 2.24) is 15.6 Å². The molecule has 1 fully saturated rings. The van der Waals surface area contributed by atoms with Gasteiger partial charge < -0.3 is 10.6 Å². The van der Waals surface area contributed by atoms with Crippen molar-refractivity contribution in [3.05, 3.63) is 66.0 Å². The summed E-state index contributed by atoms with van der Waals surface area (Å²) >= 11 is 0. The third-order valence-corrected chi connectivity index (χ3v) is 4.97. The van der Waals surface area contributed by atoms with Crippen molar-refractivity contribution in [2.75, 3.05) is 0 Å². The van der Waals surface area contributed by atoms with Gasteiger partial charge in [-0.2, -0.15) is 0 Å². The quantitative estimate of drug-likeness (QED) is 0.841. The normalized spacial score (nSPS) is 19.5. The SMILES string of the molecule is O=C(NCc1ccccc1)C1CCC(C(=O)NCc2cccnc2)CC1. The topological polar surface area (TPSA) is 71.1 Å². The minimum atomic E-state index is 0.00449. The molecule has 3 rings (SSSR count). The number of hydrogen-bond acceptors (Lipinski definition) is 3. The molecule has 0 bridgehead atoms. The highest BCUT2D eigenvalue weighted by Gasteiger charge is 2.29. The van der Waals surface area contributed by atoms with Crippen LogP contribution < -0.4 is 10.6 Å². The summed E-state index contributed by atoms with van der Waals surface area (Å²) < 4.78 is 0. The lowest BCUT2D eigenvalue weighted by Crippen LogP contribution is -2.37. The van der Waals surface area contributed by atoms with Gasteiger partial charge in [0, 0.05) is 37.3 Å². The highest BCUT2D eigenvalue weighted by Crippen LogP contribution is 2.29. The highest BCUT2D eigenvalue weighted by atomic mass is 16.2. The van der Waals surface area contributed by atoms with Crippen LogP contribution in [0.1, 0.15) is 36.8 Å². The summed E-state index contributed by atoms with van der Waals surface area (Å²) in [6, 6.07) is 13.7. The molecular weight excluding hydrogens is 326 g/mol. The van der Waals surface area contributed by atoms with Gasteiger partial charge in [0.25, 0.3) is 0 Å². The van der Waals surface area contributed by atoms with Crippen molar-refractivity contribution in [3.8, 4) is 0 Å². The molecule has 1 aliphatic rings. The van der Waals surface area contributed by atoms with E-state index in [4.69, 9.17) is 0 Å². The Hall–Kier alpha value is -2.69. The Morgan fingerprint density at radius 2 is 1.35 bits per heavy atom. The fraction of sp³-hybridized carbons (Fsp3) is 0.381. The van der Waals surface area contributed by atoms with E-state index in [1.54, 1.807) is 12.4 Å². The van der Waals surface area contributed by atoms with Crippen LogP contribution in [0.2, 0.25) is 0 Å². The standard InChI is InChI=1S/C21H25N3O2/c25-20(23-14-16-5-2-1-3-6-16)18-8-10-19(11-9-18)21(26)24-15-17-7-4-12-22-13-17/h1-7,12-13,18-19H,8-11,14-15H2,(H,23,25)(H,24,26). The van der Waals surface area contributed by atoms with Gasteiger partial charge in [-0.1, -0.05) is 36.4 Å². The van der Waals surface area contributed by atoms with Gasteiger partial charge in [0.2, 0.25) is 11.8 Å². The number of nitrogens with one attached hydrogen (secondary N) is 2. The van der Waals surface area contributed by atoms with E-state index < -0.39 is 0 Å². The number of amides is 2. The Morgan fingerprint density at radius 3 is 1.88 bits per heavy atom. The summed E-state index contributed by atoms with van der Waals surface area (Å²) in [4.78, 5) is 28.7. The number of aromatic nitrogens is 1. The fourth-order valence-electron chi connectivity index (χ4n) is 3.38. The van der Waals surface area contributed by atoms with Crippen LogP contribution in [0.25, 0.3) is 0 Å². The third kappa shape index (κ3) is 5.15. The lowest BCUT2D eigenvalue weighted by molar-refractivity contribution is -0.130. The van der Waals surface area contributed by atoms with E-state index >= 15 is 0 Å². The van der Waals surface area contributed by atoms with Crippen molar-refractivity contribution >= 4 is 11.8 Å². The van der Waals surface area contributed by atoms with E-state index in [2.05, 4.69) is 15.6 Å². The molecule has 136 valence electrons. The van der Waals surface area contributed by atoms with Crippen LogP contribution in [-0.2, 0) is 22.7 Å². The van der Waals surface area contributed by atoms with Gasteiger partial charge in [-0.05, 0) is 42.9 Å². The Labute approximate surface area is 154 Å². The largest absolute Gasteiger partial charge is 0.352 e. The molecule has 1 aromatic carbocycles. The van der Waals surface area contributed by atoms with Crippen LogP contribution in [-0.4, -0.2) is 16.8 Å². The third-order valence-electron chi connectivity index (χ3n) is 4.97. The minimum Gasteiger partial charge on any atom is -0.352 e. The maximum Gasteiger partial charge on any atom is 0.223 e. The first-order valence-electron chi connectivity index (χ1n) is 9.20. The molecule has 2 amide bonds. The summed E-state index contributed by atoms with van der Waals surface area (Å²) in [7, 11) is 0. The van der Waals surface area contributed by atoms with Crippen molar-refractivity contribution in [3.63, 3.8) is 0 Å². The Bertz CT molecular complexity index is 647. The van der Waals surface area contributed by atoms with Gasteiger partial charge in [-0.15, -0.1) is 0 Å². The summed E-state index contributed by atoms with van der Waals surface area (Å²) in [5, 5.41) is 5.99. The van der Waals surface area contributed by atoms with Crippen LogP contribution in [0.5, 0.6) is 0 Å². The molecule has 0 saturated heterocycles. The van der Waals surface area contributed by atoms with Gasteiger partial charge in [0.05, 0.1) is 0 Å². The van der Waals surface area contributed by atoms with E-state index in [-0.39, 0.29) is 23.7 Å². The summed E-state index contributed by atoms with van der Waals surface area (Å²) in [6.07, 6.45) is 6.55. The van der Waals surface area contributed by atoms with Gasteiger partial charge in [-0.25, -0.2) is 0 Å². The molecule has 2 N–H and O–H groups in total. The molecule has 0 aliphatic heterocycles. The number of pyridine rings is 1. The minimum absolute atomic E-state index is 0.00449. The first kappa shape index (κ1) is 18.1. The van der Waals surface area contributed by atoms with E-state index in [9.17, 15) is 9.59 Å². The average Bonchev–Trinajstić information content (AvgIpc) is 2.72. The molecule has 0 atom stereocenters. The maximum absolute atomic E-state index is 12.3. The van der Waals surface area contributed by atoms with Crippen LogP contribution in [0.4, 0.5) is 0 Å². The van der Waals surface area contributed by atoms with Crippen LogP contribution in [0.3, 0.4) is 0 Å². The Balaban J connectivity index is 1.39. The molecule has 5 nitrogen and oxygen atoms in total. The predicted octanol–water partition coefficient (Wildman–Crippen LogP) is 2.82. The lowest BCUT2D eigenvalue weighted by Gasteiger charge is -2.27. The maximum atomic E-state index is 12.3. The zero-order valence-electron chi connectivity index (χ0n) is 14.9.